The van der Waals surface area contributed by atoms with E-state index < -0.39 is 18.4 Å². The molecule has 0 aliphatic rings. The maximum Gasteiger partial charge on any atom is 0.341 e. The first-order chi connectivity index (χ1) is 8.68. The Morgan fingerprint density at radius 2 is 2.06 bits per heavy atom. The average Bonchev–Trinajstić information content (AvgIpc) is 2.89. The van der Waals surface area contributed by atoms with Gasteiger partial charge in [0.25, 0.3) is 0 Å². The zero-order valence-corrected chi connectivity index (χ0v) is 9.20. The standard InChI is InChI=1S/C12H9NO5/c14-11(15)7-17-9-4-2-1-3-8(9)12(16)10-5-6-13-18-10/h1-6H,7H2,(H,14,15). The van der Waals surface area contributed by atoms with E-state index in [-0.39, 0.29) is 17.1 Å². The molecule has 1 aromatic heterocycles. The summed E-state index contributed by atoms with van der Waals surface area (Å²) < 4.78 is 9.79. The Morgan fingerprint density at radius 3 is 2.72 bits per heavy atom. The van der Waals surface area contributed by atoms with Crippen molar-refractivity contribution in [3.05, 3.63) is 47.9 Å². The van der Waals surface area contributed by atoms with E-state index in [1.54, 1.807) is 12.1 Å². The van der Waals surface area contributed by atoms with E-state index in [0.29, 0.717) is 0 Å². The lowest BCUT2D eigenvalue weighted by molar-refractivity contribution is -0.139. The van der Waals surface area contributed by atoms with Gasteiger partial charge in [-0.15, -0.1) is 0 Å². The summed E-state index contributed by atoms with van der Waals surface area (Å²) in [6, 6.07) is 7.77. The second-order valence-electron chi connectivity index (χ2n) is 3.38. The number of aromatic nitrogens is 1. The van der Waals surface area contributed by atoms with Crippen LogP contribution in [0, 0.1) is 0 Å². The molecule has 92 valence electrons. The number of para-hydroxylation sites is 1. The molecule has 0 saturated heterocycles. The highest BCUT2D eigenvalue weighted by Gasteiger charge is 2.17. The predicted molar refractivity (Wildman–Crippen MR) is 59.5 cm³/mol. The quantitative estimate of drug-likeness (QED) is 0.802. The van der Waals surface area contributed by atoms with Gasteiger partial charge in [-0.25, -0.2) is 4.79 Å². The highest BCUT2D eigenvalue weighted by atomic mass is 16.5. The molecule has 18 heavy (non-hydrogen) atoms. The van der Waals surface area contributed by atoms with Gasteiger partial charge >= 0.3 is 5.97 Å². The van der Waals surface area contributed by atoms with Crippen molar-refractivity contribution in [1.82, 2.24) is 5.16 Å². The van der Waals surface area contributed by atoms with Crippen LogP contribution in [0.15, 0.2) is 41.1 Å². The van der Waals surface area contributed by atoms with Crippen LogP contribution in [0.4, 0.5) is 0 Å². The molecule has 1 N–H and O–H groups in total. The second kappa shape index (κ2) is 5.13. The first-order valence-corrected chi connectivity index (χ1v) is 5.07. The number of benzene rings is 1. The van der Waals surface area contributed by atoms with Crippen molar-refractivity contribution >= 4 is 11.8 Å². The lowest BCUT2D eigenvalue weighted by Gasteiger charge is -2.07. The first kappa shape index (κ1) is 11.8. The van der Waals surface area contributed by atoms with Gasteiger partial charge in [-0.3, -0.25) is 4.79 Å². The molecule has 0 atom stereocenters. The summed E-state index contributed by atoms with van der Waals surface area (Å²) in [4.78, 5) is 22.5. The van der Waals surface area contributed by atoms with Crippen molar-refractivity contribution in [1.29, 1.82) is 0 Å². The van der Waals surface area contributed by atoms with E-state index in [1.165, 1.54) is 24.4 Å². The SMILES string of the molecule is O=C(O)COc1ccccc1C(=O)c1ccno1. The molecule has 1 heterocycles. The van der Waals surface area contributed by atoms with Gasteiger partial charge in [-0.05, 0) is 12.1 Å². The van der Waals surface area contributed by atoms with Crippen molar-refractivity contribution in [2.24, 2.45) is 0 Å². The molecule has 6 heteroatoms. The first-order valence-electron chi connectivity index (χ1n) is 5.07. The summed E-state index contributed by atoms with van der Waals surface area (Å²) in [6.45, 7) is -0.513. The molecule has 0 aliphatic heterocycles. The highest BCUT2D eigenvalue weighted by Crippen LogP contribution is 2.21. The molecule has 0 aliphatic carbocycles. The fourth-order valence-corrected chi connectivity index (χ4v) is 1.39. The summed E-state index contributed by atoms with van der Waals surface area (Å²) in [5, 5.41) is 12.0. The third-order valence-corrected chi connectivity index (χ3v) is 2.14. The molecule has 1 aromatic carbocycles. The van der Waals surface area contributed by atoms with Crippen LogP contribution < -0.4 is 4.74 Å². The number of rotatable bonds is 5. The van der Waals surface area contributed by atoms with Crippen molar-refractivity contribution in [2.75, 3.05) is 6.61 Å². The Kier molecular flexibility index (Phi) is 3.38. The third-order valence-electron chi connectivity index (χ3n) is 2.14. The van der Waals surface area contributed by atoms with E-state index in [2.05, 4.69) is 5.16 Å². The molecule has 0 radical (unpaired) electrons. The van der Waals surface area contributed by atoms with Gasteiger partial charge in [0.15, 0.2) is 6.61 Å². The zero-order chi connectivity index (χ0) is 13.0. The second-order valence-corrected chi connectivity index (χ2v) is 3.38. The summed E-state index contributed by atoms with van der Waals surface area (Å²) >= 11 is 0. The molecule has 0 amide bonds. The lowest BCUT2D eigenvalue weighted by Crippen LogP contribution is -2.12. The van der Waals surface area contributed by atoms with E-state index >= 15 is 0 Å². The largest absolute Gasteiger partial charge is 0.481 e. The number of hydrogen-bond acceptors (Lipinski definition) is 5. The van der Waals surface area contributed by atoms with E-state index in [0.717, 1.165) is 0 Å². The Bertz CT molecular complexity index is 562. The number of hydrogen-bond donors (Lipinski definition) is 1. The molecule has 6 nitrogen and oxygen atoms in total. The molecular formula is C12H9NO5. The van der Waals surface area contributed by atoms with Crippen LogP contribution in [0.25, 0.3) is 0 Å². The van der Waals surface area contributed by atoms with E-state index in [4.69, 9.17) is 14.4 Å². The number of carbonyl (C=O) groups is 2. The molecule has 0 saturated carbocycles. The number of carboxylic acids is 1. The Hall–Kier alpha value is -2.63. The van der Waals surface area contributed by atoms with Gasteiger partial charge in [0, 0.05) is 6.07 Å². The smallest absolute Gasteiger partial charge is 0.341 e. The fourth-order valence-electron chi connectivity index (χ4n) is 1.39. The number of carbonyl (C=O) groups excluding carboxylic acids is 1. The molecule has 0 bridgehead atoms. The van der Waals surface area contributed by atoms with Crippen LogP contribution in [0.5, 0.6) is 5.75 Å². The number of carboxylic acid groups (broad SMARTS) is 1. The summed E-state index contributed by atoms with van der Waals surface area (Å²) in [5.74, 6) is -1.26. The number of ketones is 1. The zero-order valence-electron chi connectivity index (χ0n) is 9.20. The van der Waals surface area contributed by atoms with Crippen molar-refractivity contribution in [3.8, 4) is 5.75 Å². The molecule has 0 fully saturated rings. The van der Waals surface area contributed by atoms with Gasteiger partial charge in [0.2, 0.25) is 11.5 Å². The van der Waals surface area contributed by atoms with Crippen molar-refractivity contribution in [2.45, 2.75) is 0 Å². The minimum Gasteiger partial charge on any atom is -0.481 e. The highest BCUT2D eigenvalue weighted by molar-refractivity contribution is 6.08. The summed E-state index contributed by atoms with van der Waals surface area (Å²) in [6.07, 6.45) is 1.36. The minimum atomic E-state index is -1.11. The van der Waals surface area contributed by atoms with Gasteiger partial charge < -0.3 is 14.4 Å². The number of nitrogens with zero attached hydrogens (tertiary/aromatic N) is 1. The molecule has 0 unspecified atom stereocenters. The minimum absolute atomic E-state index is 0.0707. The monoisotopic (exact) mass is 247 g/mol. The van der Waals surface area contributed by atoms with Crippen molar-refractivity contribution < 1.29 is 24.0 Å². The normalized spacial score (nSPS) is 10.0. The van der Waals surface area contributed by atoms with Gasteiger partial charge in [0.05, 0.1) is 11.8 Å². The Morgan fingerprint density at radius 1 is 1.28 bits per heavy atom. The third kappa shape index (κ3) is 2.54. The number of ether oxygens (including phenoxy) is 1. The maximum atomic E-state index is 12.0. The van der Waals surface area contributed by atoms with Crippen LogP contribution >= 0.6 is 0 Å². The maximum absolute atomic E-state index is 12.0. The van der Waals surface area contributed by atoms with Gasteiger partial charge in [-0.1, -0.05) is 17.3 Å². The van der Waals surface area contributed by atoms with Crippen LogP contribution in [0.1, 0.15) is 16.1 Å². The summed E-state index contributed by atoms with van der Waals surface area (Å²) in [5.41, 5.74) is 0.232. The predicted octanol–water partition coefficient (Wildman–Crippen LogP) is 1.37. The van der Waals surface area contributed by atoms with Gasteiger partial charge in [0.1, 0.15) is 5.75 Å². The van der Waals surface area contributed by atoms with Crippen LogP contribution in [0.2, 0.25) is 0 Å². The Balaban J connectivity index is 2.27. The topological polar surface area (TPSA) is 89.6 Å². The van der Waals surface area contributed by atoms with E-state index in [1.807, 2.05) is 0 Å². The average molecular weight is 247 g/mol. The number of aliphatic carboxylic acids is 1. The fraction of sp³-hybridized carbons (Fsp3) is 0.0833. The van der Waals surface area contributed by atoms with Gasteiger partial charge in [-0.2, -0.15) is 0 Å². The Labute approximate surface area is 102 Å². The summed E-state index contributed by atoms with van der Waals surface area (Å²) in [7, 11) is 0. The van der Waals surface area contributed by atoms with Crippen LogP contribution in [0.3, 0.4) is 0 Å². The van der Waals surface area contributed by atoms with Crippen molar-refractivity contribution in [3.63, 3.8) is 0 Å². The molecular weight excluding hydrogens is 238 g/mol. The molecule has 2 rings (SSSR count). The van der Waals surface area contributed by atoms with Crippen LogP contribution in [-0.2, 0) is 4.79 Å². The van der Waals surface area contributed by atoms with E-state index in [9.17, 15) is 9.59 Å². The lowest BCUT2D eigenvalue weighted by atomic mass is 10.1. The van der Waals surface area contributed by atoms with Crippen LogP contribution in [-0.4, -0.2) is 28.6 Å². The molecule has 2 aromatic rings. The molecule has 0 spiro atoms.